The maximum Gasteiger partial charge on any atom is 0.250 e. The minimum atomic E-state index is -0.607. The molecule has 1 amide bonds. The second kappa shape index (κ2) is 11.2. The molecule has 1 saturated heterocycles. The Morgan fingerprint density at radius 2 is 1.78 bits per heavy atom. The maximum absolute atomic E-state index is 13.7. The van der Waals surface area contributed by atoms with Crippen molar-refractivity contribution in [1.82, 2.24) is 14.7 Å². The number of nitrogens with two attached hydrogens (primary N) is 1. The molecule has 1 aliphatic heterocycles. The van der Waals surface area contributed by atoms with Crippen LogP contribution >= 0.6 is 15.9 Å². The SMILES string of the molecule is NCCOc1ccc(CCN2C(=O)COC2c2cn(-c3ccc(Br)cc3)nc2-c2ccc(F)cc2)cc1. The van der Waals surface area contributed by atoms with Crippen LogP contribution in [0.2, 0.25) is 0 Å². The third-order valence-corrected chi connectivity index (χ3v) is 6.67. The molecule has 1 aromatic heterocycles. The quantitative estimate of drug-likeness (QED) is 0.313. The van der Waals surface area contributed by atoms with Crippen LogP contribution in [-0.4, -0.2) is 46.9 Å². The highest BCUT2D eigenvalue weighted by Gasteiger charge is 2.36. The summed E-state index contributed by atoms with van der Waals surface area (Å²) in [5, 5.41) is 4.80. The fourth-order valence-corrected chi connectivity index (χ4v) is 4.52. The van der Waals surface area contributed by atoms with E-state index in [9.17, 15) is 9.18 Å². The predicted octanol–water partition coefficient (Wildman–Crippen LogP) is 4.88. The van der Waals surface area contributed by atoms with E-state index in [4.69, 9.17) is 20.3 Å². The van der Waals surface area contributed by atoms with E-state index in [0.29, 0.717) is 31.8 Å². The average molecular weight is 565 g/mol. The van der Waals surface area contributed by atoms with Gasteiger partial charge in [-0.2, -0.15) is 5.10 Å². The van der Waals surface area contributed by atoms with Gasteiger partial charge in [-0.05, 0) is 72.6 Å². The fourth-order valence-electron chi connectivity index (χ4n) is 4.26. The Balaban J connectivity index is 1.42. The Morgan fingerprint density at radius 1 is 1.05 bits per heavy atom. The summed E-state index contributed by atoms with van der Waals surface area (Å²) in [7, 11) is 0. The minimum Gasteiger partial charge on any atom is -0.492 e. The zero-order valence-corrected chi connectivity index (χ0v) is 21.6. The summed E-state index contributed by atoms with van der Waals surface area (Å²) in [5.74, 6) is 0.345. The molecule has 5 rings (SSSR count). The number of rotatable bonds is 9. The van der Waals surface area contributed by atoms with E-state index in [2.05, 4.69) is 15.9 Å². The smallest absolute Gasteiger partial charge is 0.250 e. The van der Waals surface area contributed by atoms with Crippen molar-refractivity contribution in [2.45, 2.75) is 12.6 Å². The number of carbonyl (C=O) groups is 1. The van der Waals surface area contributed by atoms with Crippen molar-refractivity contribution in [2.75, 3.05) is 26.3 Å². The monoisotopic (exact) mass is 564 g/mol. The molecular weight excluding hydrogens is 539 g/mol. The van der Waals surface area contributed by atoms with Crippen LogP contribution in [0.4, 0.5) is 4.39 Å². The second-order valence-corrected chi connectivity index (χ2v) is 9.56. The Labute approximate surface area is 222 Å². The molecule has 9 heteroatoms. The number of halogens is 2. The molecule has 2 heterocycles. The molecule has 0 radical (unpaired) electrons. The Bertz CT molecular complexity index is 1360. The number of amides is 1. The van der Waals surface area contributed by atoms with Gasteiger partial charge in [-0.3, -0.25) is 4.79 Å². The summed E-state index contributed by atoms with van der Waals surface area (Å²) in [6.07, 6.45) is 1.92. The molecule has 3 aromatic carbocycles. The van der Waals surface area contributed by atoms with Gasteiger partial charge in [0, 0.05) is 34.9 Å². The molecule has 1 aliphatic rings. The van der Waals surface area contributed by atoms with Crippen molar-refractivity contribution in [3.63, 3.8) is 0 Å². The zero-order chi connectivity index (χ0) is 25.8. The van der Waals surface area contributed by atoms with Gasteiger partial charge in [0.25, 0.3) is 5.91 Å². The molecule has 0 aliphatic carbocycles. The first-order valence-electron chi connectivity index (χ1n) is 12.0. The molecule has 190 valence electrons. The van der Waals surface area contributed by atoms with Gasteiger partial charge in [0.05, 0.1) is 5.69 Å². The van der Waals surface area contributed by atoms with Gasteiger partial charge >= 0.3 is 0 Å². The molecule has 1 atom stereocenters. The van der Waals surface area contributed by atoms with Crippen LogP contribution < -0.4 is 10.5 Å². The first-order valence-corrected chi connectivity index (χ1v) is 12.8. The fraction of sp³-hybridized carbons (Fsp3) is 0.214. The normalized spacial score (nSPS) is 15.4. The largest absolute Gasteiger partial charge is 0.492 e. The third-order valence-electron chi connectivity index (χ3n) is 6.14. The summed E-state index contributed by atoms with van der Waals surface area (Å²) in [6.45, 7) is 1.38. The van der Waals surface area contributed by atoms with Crippen LogP contribution in [0.3, 0.4) is 0 Å². The first-order chi connectivity index (χ1) is 18.0. The van der Waals surface area contributed by atoms with E-state index in [1.54, 1.807) is 21.7 Å². The van der Waals surface area contributed by atoms with Gasteiger partial charge in [0.2, 0.25) is 0 Å². The lowest BCUT2D eigenvalue weighted by Crippen LogP contribution is -2.30. The van der Waals surface area contributed by atoms with Crippen molar-refractivity contribution in [2.24, 2.45) is 5.73 Å². The van der Waals surface area contributed by atoms with Crippen molar-refractivity contribution in [3.05, 3.63) is 100 Å². The van der Waals surface area contributed by atoms with Crippen LogP contribution in [-0.2, 0) is 16.0 Å². The number of benzene rings is 3. The molecule has 4 aromatic rings. The summed E-state index contributed by atoms with van der Waals surface area (Å²) in [6, 6.07) is 21.7. The van der Waals surface area contributed by atoms with E-state index in [-0.39, 0.29) is 18.3 Å². The lowest BCUT2D eigenvalue weighted by molar-refractivity contribution is -0.128. The van der Waals surface area contributed by atoms with Crippen LogP contribution in [0.25, 0.3) is 16.9 Å². The topological polar surface area (TPSA) is 82.6 Å². The van der Waals surface area contributed by atoms with Crippen LogP contribution in [0.5, 0.6) is 5.75 Å². The number of hydrogen-bond acceptors (Lipinski definition) is 5. The maximum atomic E-state index is 13.7. The number of nitrogens with zero attached hydrogens (tertiary/aromatic N) is 3. The lowest BCUT2D eigenvalue weighted by atomic mass is 10.1. The first kappa shape index (κ1) is 25.1. The number of aromatic nitrogens is 2. The summed E-state index contributed by atoms with van der Waals surface area (Å²) < 4.78 is 27.9. The molecule has 0 spiro atoms. The van der Waals surface area contributed by atoms with E-state index in [0.717, 1.165) is 32.6 Å². The van der Waals surface area contributed by atoms with Gasteiger partial charge in [-0.15, -0.1) is 0 Å². The van der Waals surface area contributed by atoms with Crippen molar-refractivity contribution in [3.8, 4) is 22.7 Å². The molecule has 0 bridgehead atoms. The highest BCUT2D eigenvalue weighted by atomic mass is 79.9. The van der Waals surface area contributed by atoms with Gasteiger partial charge in [-0.1, -0.05) is 28.1 Å². The number of hydrogen-bond donors (Lipinski definition) is 1. The van der Waals surface area contributed by atoms with Gasteiger partial charge in [0.1, 0.15) is 30.5 Å². The highest BCUT2D eigenvalue weighted by Crippen LogP contribution is 2.35. The van der Waals surface area contributed by atoms with E-state index in [1.807, 2.05) is 54.7 Å². The van der Waals surface area contributed by atoms with Gasteiger partial charge < -0.3 is 20.1 Å². The molecule has 2 N–H and O–H groups in total. The van der Waals surface area contributed by atoms with Gasteiger partial charge in [-0.25, -0.2) is 9.07 Å². The molecule has 37 heavy (non-hydrogen) atoms. The van der Waals surface area contributed by atoms with Crippen molar-refractivity contribution < 1.29 is 18.7 Å². The summed E-state index contributed by atoms with van der Waals surface area (Å²) in [5.41, 5.74) is 9.53. The molecule has 7 nitrogen and oxygen atoms in total. The third kappa shape index (κ3) is 5.74. The van der Waals surface area contributed by atoms with Crippen molar-refractivity contribution in [1.29, 1.82) is 0 Å². The average Bonchev–Trinajstić information content (AvgIpc) is 3.51. The van der Waals surface area contributed by atoms with Gasteiger partial charge in [0.15, 0.2) is 6.23 Å². The Kier molecular flexibility index (Phi) is 7.64. The summed E-state index contributed by atoms with van der Waals surface area (Å²) in [4.78, 5) is 14.6. The summed E-state index contributed by atoms with van der Waals surface area (Å²) >= 11 is 3.46. The Morgan fingerprint density at radius 3 is 2.49 bits per heavy atom. The molecule has 1 fully saturated rings. The van der Waals surface area contributed by atoms with Crippen LogP contribution in [0.15, 0.2) is 83.5 Å². The van der Waals surface area contributed by atoms with Crippen molar-refractivity contribution >= 4 is 21.8 Å². The Hall–Kier alpha value is -3.53. The zero-order valence-electron chi connectivity index (χ0n) is 20.0. The number of ether oxygens (including phenoxy) is 2. The highest BCUT2D eigenvalue weighted by molar-refractivity contribution is 9.10. The van der Waals surface area contributed by atoms with E-state index in [1.165, 1.54) is 12.1 Å². The molecule has 1 unspecified atom stereocenters. The van der Waals surface area contributed by atoms with E-state index < -0.39 is 6.23 Å². The minimum absolute atomic E-state index is 0.0111. The molecular formula is C28H26BrFN4O3. The standard InChI is InChI=1S/C28H26BrFN4O3/c29-21-5-9-23(10-6-21)34-17-25(27(32-34)20-3-7-22(30)8-4-20)28-33(26(35)18-37-28)15-13-19-1-11-24(12-2-19)36-16-14-31/h1-12,17,28H,13-16,18,31H2. The second-order valence-electron chi connectivity index (χ2n) is 8.64. The van der Waals surface area contributed by atoms with E-state index >= 15 is 0 Å². The van der Waals surface area contributed by atoms with Crippen LogP contribution in [0, 0.1) is 5.82 Å². The number of carbonyl (C=O) groups excluding carboxylic acids is 1. The molecule has 0 saturated carbocycles. The lowest BCUT2D eigenvalue weighted by Gasteiger charge is -2.23. The van der Waals surface area contributed by atoms with Crippen LogP contribution in [0.1, 0.15) is 17.4 Å². The predicted molar refractivity (Wildman–Crippen MR) is 142 cm³/mol.